The standard InChI is InChI=1S/C15H15N3O4/c1-21-14-7-16-12(6-17-14)10-3-2-4-13-11(10)5-9(8-22-13)18-15(19)20/h2-4,6-7,9,18H,5,8H2,1H3,(H,19,20)/t9-/m0/s1. The Morgan fingerprint density at radius 2 is 2.27 bits per heavy atom. The molecular weight excluding hydrogens is 286 g/mol. The summed E-state index contributed by atoms with van der Waals surface area (Å²) >= 11 is 0. The van der Waals surface area contributed by atoms with E-state index in [1.807, 2.05) is 18.2 Å². The minimum atomic E-state index is -1.06. The fourth-order valence-corrected chi connectivity index (χ4v) is 2.48. The Bertz CT molecular complexity index is 688. The van der Waals surface area contributed by atoms with E-state index in [2.05, 4.69) is 15.3 Å². The first-order valence-corrected chi connectivity index (χ1v) is 6.78. The zero-order chi connectivity index (χ0) is 15.5. The number of fused-ring (bicyclic) bond motifs is 1. The number of hydrogen-bond acceptors (Lipinski definition) is 5. The molecular formula is C15H15N3O4. The number of carbonyl (C=O) groups is 1. The summed E-state index contributed by atoms with van der Waals surface area (Å²) in [5, 5.41) is 11.3. The lowest BCUT2D eigenvalue weighted by Crippen LogP contribution is -2.42. The van der Waals surface area contributed by atoms with Crippen LogP contribution in [0, 0.1) is 0 Å². The molecule has 7 nitrogen and oxygen atoms in total. The number of ether oxygens (including phenoxy) is 2. The van der Waals surface area contributed by atoms with Crippen molar-refractivity contribution in [1.29, 1.82) is 0 Å². The molecule has 1 aromatic carbocycles. The first kappa shape index (κ1) is 14.1. The molecule has 22 heavy (non-hydrogen) atoms. The molecule has 1 aliphatic heterocycles. The Kier molecular flexibility index (Phi) is 3.78. The fourth-order valence-electron chi connectivity index (χ4n) is 2.48. The van der Waals surface area contributed by atoms with Crippen molar-refractivity contribution in [1.82, 2.24) is 15.3 Å². The summed E-state index contributed by atoms with van der Waals surface area (Å²) in [6, 6.07) is 5.39. The molecule has 0 bridgehead atoms. The van der Waals surface area contributed by atoms with Crippen molar-refractivity contribution in [3.8, 4) is 22.9 Å². The van der Waals surface area contributed by atoms with E-state index in [0.717, 1.165) is 16.9 Å². The van der Waals surface area contributed by atoms with Gasteiger partial charge in [-0.25, -0.2) is 14.8 Å². The fraction of sp³-hybridized carbons (Fsp3) is 0.267. The second-order valence-corrected chi connectivity index (χ2v) is 4.89. The first-order valence-electron chi connectivity index (χ1n) is 6.78. The Hall–Kier alpha value is -2.83. The second-order valence-electron chi connectivity index (χ2n) is 4.89. The highest BCUT2D eigenvalue weighted by Gasteiger charge is 2.24. The Morgan fingerprint density at radius 3 is 2.95 bits per heavy atom. The molecule has 1 atom stereocenters. The molecule has 114 valence electrons. The third-order valence-corrected chi connectivity index (χ3v) is 3.46. The number of carboxylic acid groups (broad SMARTS) is 1. The van der Waals surface area contributed by atoms with E-state index in [1.54, 1.807) is 12.4 Å². The zero-order valence-electron chi connectivity index (χ0n) is 11.9. The van der Waals surface area contributed by atoms with Crippen LogP contribution in [0.5, 0.6) is 11.6 Å². The molecule has 0 fully saturated rings. The number of aromatic nitrogens is 2. The summed E-state index contributed by atoms with van der Waals surface area (Å²) in [4.78, 5) is 19.3. The maximum atomic E-state index is 10.8. The molecule has 0 aliphatic carbocycles. The van der Waals surface area contributed by atoms with Crippen LogP contribution in [0.3, 0.4) is 0 Å². The second kappa shape index (κ2) is 5.88. The van der Waals surface area contributed by atoms with Gasteiger partial charge in [0.1, 0.15) is 12.4 Å². The molecule has 0 unspecified atom stereocenters. The summed E-state index contributed by atoms with van der Waals surface area (Å²) in [6.07, 6.45) is 2.67. The molecule has 0 saturated heterocycles. The predicted octanol–water partition coefficient (Wildman–Crippen LogP) is 1.72. The molecule has 7 heteroatoms. The lowest BCUT2D eigenvalue weighted by Gasteiger charge is -2.26. The molecule has 1 amide bonds. The maximum absolute atomic E-state index is 10.8. The van der Waals surface area contributed by atoms with Gasteiger partial charge in [0, 0.05) is 17.5 Å². The van der Waals surface area contributed by atoms with Crippen LogP contribution in [-0.2, 0) is 6.42 Å². The lowest BCUT2D eigenvalue weighted by molar-refractivity contribution is 0.176. The largest absolute Gasteiger partial charge is 0.491 e. The van der Waals surface area contributed by atoms with E-state index in [1.165, 1.54) is 7.11 Å². The monoisotopic (exact) mass is 301 g/mol. The molecule has 0 saturated carbocycles. The number of hydrogen-bond donors (Lipinski definition) is 2. The van der Waals surface area contributed by atoms with E-state index in [0.29, 0.717) is 24.6 Å². The smallest absolute Gasteiger partial charge is 0.405 e. The van der Waals surface area contributed by atoms with Crippen molar-refractivity contribution in [2.75, 3.05) is 13.7 Å². The molecule has 2 aromatic rings. The minimum absolute atomic E-state index is 0.280. The number of benzene rings is 1. The van der Waals surface area contributed by atoms with Gasteiger partial charge in [-0.3, -0.25) is 0 Å². The van der Waals surface area contributed by atoms with Crippen LogP contribution in [0.2, 0.25) is 0 Å². The highest BCUT2D eigenvalue weighted by Crippen LogP contribution is 2.33. The van der Waals surface area contributed by atoms with Crippen molar-refractivity contribution in [3.05, 3.63) is 36.2 Å². The van der Waals surface area contributed by atoms with Gasteiger partial charge < -0.3 is 19.9 Å². The van der Waals surface area contributed by atoms with Crippen LogP contribution < -0.4 is 14.8 Å². The molecule has 0 spiro atoms. The lowest BCUT2D eigenvalue weighted by atomic mass is 9.95. The van der Waals surface area contributed by atoms with Crippen molar-refractivity contribution in [2.45, 2.75) is 12.5 Å². The molecule has 1 aromatic heterocycles. The van der Waals surface area contributed by atoms with Gasteiger partial charge in [0.2, 0.25) is 5.88 Å². The number of nitrogens with zero attached hydrogens (tertiary/aromatic N) is 2. The summed E-state index contributed by atoms with van der Waals surface area (Å²) in [6.45, 7) is 0.317. The van der Waals surface area contributed by atoms with Crippen LogP contribution >= 0.6 is 0 Å². The quantitative estimate of drug-likeness (QED) is 0.896. The number of nitrogens with one attached hydrogen (secondary N) is 1. The van der Waals surface area contributed by atoms with Crippen LogP contribution in [0.15, 0.2) is 30.6 Å². The van der Waals surface area contributed by atoms with E-state index in [9.17, 15) is 4.79 Å². The molecule has 2 heterocycles. The minimum Gasteiger partial charge on any atom is -0.491 e. The van der Waals surface area contributed by atoms with Gasteiger partial charge >= 0.3 is 6.09 Å². The van der Waals surface area contributed by atoms with Crippen molar-refractivity contribution < 1.29 is 19.4 Å². The highest BCUT2D eigenvalue weighted by atomic mass is 16.5. The Morgan fingerprint density at radius 1 is 1.41 bits per heavy atom. The van der Waals surface area contributed by atoms with Crippen molar-refractivity contribution in [3.63, 3.8) is 0 Å². The van der Waals surface area contributed by atoms with Gasteiger partial charge in [0.15, 0.2) is 0 Å². The number of methoxy groups -OCH3 is 1. The van der Waals surface area contributed by atoms with Crippen LogP contribution in [0.25, 0.3) is 11.3 Å². The van der Waals surface area contributed by atoms with Gasteiger partial charge in [0.25, 0.3) is 0 Å². The van der Waals surface area contributed by atoms with Gasteiger partial charge in [-0.1, -0.05) is 12.1 Å². The third-order valence-electron chi connectivity index (χ3n) is 3.46. The van der Waals surface area contributed by atoms with E-state index < -0.39 is 6.09 Å². The molecule has 2 N–H and O–H groups in total. The first-order chi connectivity index (χ1) is 10.7. The summed E-state index contributed by atoms with van der Waals surface area (Å²) < 4.78 is 10.7. The summed E-state index contributed by atoms with van der Waals surface area (Å²) in [7, 11) is 1.53. The molecule has 1 aliphatic rings. The van der Waals surface area contributed by atoms with Gasteiger partial charge in [0.05, 0.1) is 31.2 Å². The SMILES string of the molecule is COc1cnc(-c2cccc3c2C[C@H](NC(=O)O)CO3)cn1. The topological polar surface area (TPSA) is 93.6 Å². The van der Waals surface area contributed by atoms with Gasteiger partial charge in [-0.15, -0.1) is 0 Å². The number of rotatable bonds is 3. The normalized spacial score (nSPS) is 16.3. The van der Waals surface area contributed by atoms with E-state index in [4.69, 9.17) is 14.6 Å². The van der Waals surface area contributed by atoms with Crippen molar-refractivity contribution in [2.24, 2.45) is 0 Å². The van der Waals surface area contributed by atoms with Gasteiger partial charge in [-0.2, -0.15) is 0 Å². The van der Waals surface area contributed by atoms with E-state index in [-0.39, 0.29) is 6.04 Å². The number of amides is 1. The van der Waals surface area contributed by atoms with Crippen LogP contribution in [0.4, 0.5) is 4.79 Å². The van der Waals surface area contributed by atoms with Gasteiger partial charge in [-0.05, 0) is 6.07 Å². The maximum Gasteiger partial charge on any atom is 0.405 e. The Labute approximate surface area is 126 Å². The zero-order valence-corrected chi connectivity index (χ0v) is 11.9. The van der Waals surface area contributed by atoms with Crippen molar-refractivity contribution >= 4 is 6.09 Å². The summed E-state index contributed by atoms with van der Waals surface area (Å²) in [5.41, 5.74) is 2.49. The predicted molar refractivity (Wildman–Crippen MR) is 78.2 cm³/mol. The van der Waals surface area contributed by atoms with E-state index >= 15 is 0 Å². The molecule has 3 rings (SSSR count). The van der Waals surface area contributed by atoms with Crippen LogP contribution in [-0.4, -0.2) is 40.9 Å². The molecule has 0 radical (unpaired) electrons. The highest BCUT2D eigenvalue weighted by molar-refractivity contribution is 5.68. The average Bonchev–Trinajstić information content (AvgIpc) is 2.54. The third kappa shape index (κ3) is 2.78. The van der Waals surface area contributed by atoms with Crippen LogP contribution in [0.1, 0.15) is 5.56 Å². The average molecular weight is 301 g/mol. The Balaban J connectivity index is 1.94. The summed E-state index contributed by atoms with van der Waals surface area (Å²) in [5.74, 6) is 1.19.